The van der Waals surface area contributed by atoms with Crippen LogP contribution in [0.4, 0.5) is 0 Å². The zero-order chi connectivity index (χ0) is 18.5. The Bertz CT molecular complexity index is 1030. The summed E-state index contributed by atoms with van der Waals surface area (Å²) in [5.41, 5.74) is 0.984. The predicted molar refractivity (Wildman–Crippen MR) is 103 cm³/mol. The highest BCUT2D eigenvalue weighted by Gasteiger charge is 2.09. The average molecular weight is 391 g/mol. The van der Waals surface area contributed by atoms with Crippen molar-refractivity contribution in [3.8, 4) is 5.75 Å². The van der Waals surface area contributed by atoms with E-state index in [0.29, 0.717) is 28.8 Å². The molecule has 0 amide bonds. The maximum Gasteiger partial charge on any atom is 0.328 e. The van der Waals surface area contributed by atoms with Gasteiger partial charge in [-0.2, -0.15) is 0 Å². The molecule has 0 unspecified atom stereocenters. The molecule has 0 bridgehead atoms. The van der Waals surface area contributed by atoms with E-state index >= 15 is 0 Å². The normalized spacial score (nSPS) is 10.7. The fraction of sp³-hybridized carbons (Fsp3) is 0.158. The van der Waals surface area contributed by atoms with E-state index in [1.54, 1.807) is 12.1 Å². The van der Waals surface area contributed by atoms with Crippen LogP contribution in [0.5, 0.6) is 5.75 Å². The van der Waals surface area contributed by atoms with Crippen LogP contribution in [0, 0.1) is 0 Å². The minimum atomic E-state index is -0.464. The number of ether oxygens (including phenoxy) is 1. The number of hydrogen-bond acceptors (Lipinski definition) is 3. The van der Waals surface area contributed by atoms with Crippen molar-refractivity contribution in [1.29, 1.82) is 0 Å². The van der Waals surface area contributed by atoms with Gasteiger partial charge >= 0.3 is 5.69 Å². The summed E-state index contributed by atoms with van der Waals surface area (Å²) in [6, 6.07) is 14.3. The molecule has 1 aromatic heterocycles. The predicted octanol–water partition coefficient (Wildman–Crippen LogP) is 3.51. The molecule has 7 heteroatoms. The number of hydrogen-bond donors (Lipinski definition) is 1. The second kappa shape index (κ2) is 8.25. The van der Waals surface area contributed by atoms with E-state index in [1.807, 2.05) is 30.3 Å². The van der Waals surface area contributed by atoms with Gasteiger partial charge in [0.15, 0.2) is 0 Å². The van der Waals surface area contributed by atoms with Crippen LogP contribution >= 0.6 is 23.2 Å². The number of nitrogens with one attached hydrogen (secondary N) is 1. The van der Waals surface area contributed by atoms with Gasteiger partial charge in [-0.1, -0.05) is 41.4 Å². The summed E-state index contributed by atoms with van der Waals surface area (Å²) >= 11 is 12.4. The van der Waals surface area contributed by atoms with Crippen molar-refractivity contribution in [3.63, 3.8) is 0 Å². The molecule has 0 saturated carbocycles. The Morgan fingerprint density at radius 3 is 2.58 bits per heavy atom. The highest BCUT2D eigenvalue weighted by Crippen LogP contribution is 2.28. The molecular weight excluding hydrogens is 375 g/mol. The van der Waals surface area contributed by atoms with E-state index < -0.39 is 11.2 Å². The molecule has 1 N–H and O–H groups in total. The van der Waals surface area contributed by atoms with Crippen molar-refractivity contribution in [1.82, 2.24) is 9.55 Å². The van der Waals surface area contributed by atoms with Crippen LogP contribution in [0.1, 0.15) is 11.1 Å². The molecule has 0 fully saturated rings. The van der Waals surface area contributed by atoms with Gasteiger partial charge in [0.2, 0.25) is 0 Å². The molecule has 0 aliphatic heterocycles. The van der Waals surface area contributed by atoms with Crippen molar-refractivity contribution in [2.75, 3.05) is 6.61 Å². The number of aromatic amines is 1. The maximum absolute atomic E-state index is 11.7. The molecule has 0 aliphatic rings. The van der Waals surface area contributed by atoms with Gasteiger partial charge in [-0.05, 0) is 29.8 Å². The Hall–Kier alpha value is -2.50. The molecule has 26 heavy (non-hydrogen) atoms. The maximum atomic E-state index is 11.7. The quantitative estimate of drug-likeness (QED) is 0.700. The Balaban J connectivity index is 1.74. The first kappa shape index (κ1) is 18.3. The van der Waals surface area contributed by atoms with E-state index in [0.717, 1.165) is 11.1 Å². The van der Waals surface area contributed by atoms with Crippen LogP contribution in [0.3, 0.4) is 0 Å². The molecule has 0 atom stereocenters. The lowest BCUT2D eigenvalue weighted by Gasteiger charge is -2.13. The number of halogens is 2. The first-order valence-electron chi connectivity index (χ1n) is 7.97. The summed E-state index contributed by atoms with van der Waals surface area (Å²) in [6.45, 7) is 0.576. The topological polar surface area (TPSA) is 64.1 Å². The third kappa shape index (κ3) is 4.56. The number of H-pyrrole nitrogens is 1. The minimum Gasteiger partial charge on any atom is -0.491 e. The van der Waals surface area contributed by atoms with Crippen LogP contribution in [-0.4, -0.2) is 16.2 Å². The summed E-state index contributed by atoms with van der Waals surface area (Å²) in [5.74, 6) is 0.673. The van der Waals surface area contributed by atoms with Crippen molar-refractivity contribution >= 4 is 23.2 Å². The smallest absolute Gasteiger partial charge is 0.328 e. The van der Waals surface area contributed by atoms with E-state index in [-0.39, 0.29) is 6.61 Å². The van der Waals surface area contributed by atoms with E-state index in [1.165, 1.54) is 16.8 Å². The highest BCUT2D eigenvalue weighted by atomic mass is 35.5. The Morgan fingerprint density at radius 1 is 1.00 bits per heavy atom. The molecule has 1 heterocycles. The highest BCUT2D eigenvalue weighted by molar-refractivity contribution is 6.31. The van der Waals surface area contributed by atoms with Crippen molar-refractivity contribution in [2.45, 2.75) is 13.0 Å². The molecule has 0 aliphatic carbocycles. The minimum absolute atomic E-state index is 0.267. The first-order chi connectivity index (χ1) is 12.5. The van der Waals surface area contributed by atoms with Crippen molar-refractivity contribution in [3.05, 3.63) is 96.7 Å². The van der Waals surface area contributed by atoms with Gasteiger partial charge in [0.05, 0.1) is 6.54 Å². The Morgan fingerprint density at radius 2 is 1.81 bits per heavy atom. The molecule has 0 saturated heterocycles. The Labute approximate surface area is 159 Å². The zero-order valence-corrected chi connectivity index (χ0v) is 15.3. The van der Waals surface area contributed by atoms with E-state index in [4.69, 9.17) is 27.9 Å². The SMILES string of the molecule is O=c1ccn(CCOc2ccc(Cl)cc2Cc2ccccc2Cl)c(=O)[nH]1. The van der Waals surface area contributed by atoms with Gasteiger partial charge in [0.25, 0.3) is 5.56 Å². The van der Waals surface area contributed by atoms with Crippen LogP contribution in [0.25, 0.3) is 0 Å². The fourth-order valence-corrected chi connectivity index (χ4v) is 2.95. The number of benzene rings is 2. The molecule has 0 radical (unpaired) electrons. The van der Waals surface area contributed by atoms with E-state index in [9.17, 15) is 9.59 Å². The van der Waals surface area contributed by atoms with Crippen LogP contribution < -0.4 is 16.0 Å². The van der Waals surface area contributed by atoms with E-state index in [2.05, 4.69) is 4.98 Å². The lowest BCUT2D eigenvalue weighted by atomic mass is 10.0. The van der Waals surface area contributed by atoms with Gasteiger partial charge in [-0.15, -0.1) is 0 Å². The molecular formula is C19H16Cl2N2O3. The summed E-state index contributed by atoms with van der Waals surface area (Å²) < 4.78 is 7.22. The number of aromatic nitrogens is 2. The van der Waals surface area contributed by atoms with Gasteiger partial charge in [-0.3, -0.25) is 14.3 Å². The van der Waals surface area contributed by atoms with Crippen molar-refractivity contribution < 1.29 is 4.74 Å². The molecule has 2 aromatic carbocycles. The molecule has 134 valence electrons. The monoisotopic (exact) mass is 390 g/mol. The van der Waals surface area contributed by atoms with Gasteiger partial charge < -0.3 is 4.74 Å². The summed E-state index contributed by atoms with van der Waals surface area (Å²) in [5, 5.41) is 1.29. The molecule has 0 spiro atoms. The average Bonchev–Trinajstić information content (AvgIpc) is 2.60. The standard InChI is InChI=1S/C19H16Cl2N2O3/c20-15-5-6-17(14(12-15)11-13-3-1-2-4-16(13)21)26-10-9-23-8-7-18(24)22-19(23)25/h1-8,12H,9-11H2,(H,22,24,25). The number of rotatable bonds is 6. The van der Waals surface area contributed by atoms with Crippen LogP contribution in [0.2, 0.25) is 10.0 Å². The second-order valence-corrected chi connectivity index (χ2v) is 6.52. The largest absolute Gasteiger partial charge is 0.491 e. The lowest BCUT2D eigenvalue weighted by molar-refractivity contribution is 0.293. The van der Waals surface area contributed by atoms with Crippen molar-refractivity contribution in [2.24, 2.45) is 0 Å². The third-order valence-corrected chi connectivity index (χ3v) is 4.45. The van der Waals surface area contributed by atoms with Crippen LogP contribution in [0.15, 0.2) is 64.3 Å². The summed E-state index contributed by atoms with van der Waals surface area (Å²) in [7, 11) is 0. The zero-order valence-electron chi connectivity index (χ0n) is 13.7. The lowest BCUT2D eigenvalue weighted by Crippen LogP contribution is -2.30. The van der Waals surface area contributed by atoms with Crippen LogP contribution in [-0.2, 0) is 13.0 Å². The Kier molecular flexibility index (Phi) is 5.81. The second-order valence-electron chi connectivity index (χ2n) is 5.67. The summed E-state index contributed by atoms with van der Waals surface area (Å²) in [6.07, 6.45) is 2.02. The van der Waals surface area contributed by atoms with Gasteiger partial charge in [0.1, 0.15) is 12.4 Å². The molecule has 5 nitrogen and oxygen atoms in total. The fourth-order valence-electron chi connectivity index (χ4n) is 2.55. The summed E-state index contributed by atoms with van der Waals surface area (Å²) in [4.78, 5) is 25.0. The third-order valence-electron chi connectivity index (χ3n) is 3.85. The number of nitrogens with zero attached hydrogens (tertiary/aromatic N) is 1. The van der Waals surface area contributed by atoms with Gasteiger partial charge in [0, 0.05) is 34.3 Å². The molecule has 3 rings (SSSR count). The molecule has 3 aromatic rings. The first-order valence-corrected chi connectivity index (χ1v) is 8.73. The van der Waals surface area contributed by atoms with Gasteiger partial charge in [-0.25, -0.2) is 4.79 Å².